The van der Waals surface area contributed by atoms with Gasteiger partial charge in [-0.05, 0) is 38.3 Å². The maximum Gasteiger partial charge on any atom is 0.245 e. The summed E-state index contributed by atoms with van der Waals surface area (Å²) < 4.78 is 25.1. The first-order chi connectivity index (χ1) is 10.9. The Morgan fingerprint density at radius 1 is 1.39 bits per heavy atom. The highest BCUT2D eigenvalue weighted by atomic mass is 32.2. The smallest absolute Gasteiger partial charge is 0.245 e. The molecule has 1 aromatic heterocycles. The molecular formula is C16H19N3O3S. The molecule has 23 heavy (non-hydrogen) atoms. The maximum absolute atomic E-state index is 12.9. The number of nitrogens with zero attached hydrogens (tertiary/aromatic N) is 2. The molecule has 2 unspecified atom stereocenters. The number of H-pyrrole nitrogens is 1. The fourth-order valence-electron chi connectivity index (χ4n) is 2.93. The van der Waals surface area contributed by atoms with E-state index in [4.69, 9.17) is 0 Å². The van der Waals surface area contributed by atoms with Crippen LogP contribution in [0.25, 0.3) is 0 Å². The Balaban J connectivity index is 1.97. The standard InChI is InChI=1S/C16H19N3O3S/c1-11-7-8-13-5-3-4-6-14(13)19(11)15(20)12(2)23(21,22)16-17-9-10-18-16/h3-6,9-12H,7-8H2,1-2H3,(H,17,18). The van der Waals surface area contributed by atoms with E-state index in [0.29, 0.717) is 0 Å². The van der Waals surface area contributed by atoms with Crippen LogP contribution in [0.4, 0.5) is 5.69 Å². The maximum atomic E-state index is 12.9. The second-order valence-electron chi connectivity index (χ2n) is 5.81. The van der Waals surface area contributed by atoms with Crippen molar-refractivity contribution in [3.8, 4) is 0 Å². The molecule has 1 aromatic carbocycles. The summed E-state index contributed by atoms with van der Waals surface area (Å²) in [5, 5.41) is -1.36. The fourth-order valence-corrected chi connectivity index (χ4v) is 4.08. The van der Waals surface area contributed by atoms with Gasteiger partial charge in [-0.15, -0.1) is 0 Å². The molecule has 0 spiro atoms. The molecule has 3 rings (SSSR count). The van der Waals surface area contributed by atoms with Crippen LogP contribution in [0, 0.1) is 0 Å². The van der Waals surface area contributed by atoms with Crippen molar-refractivity contribution in [3.05, 3.63) is 42.2 Å². The Labute approximate surface area is 135 Å². The van der Waals surface area contributed by atoms with Gasteiger partial charge in [0.25, 0.3) is 0 Å². The highest BCUT2D eigenvalue weighted by Gasteiger charge is 2.38. The van der Waals surface area contributed by atoms with Crippen LogP contribution in [-0.4, -0.2) is 35.6 Å². The topological polar surface area (TPSA) is 83.1 Å². The van der Waals surface area contributed by atoms with Crippen LogP contribution < -0.4 is 4.90 Å². The molecule has 0 aliphatic carbocycles. The number of amides is 1. The van der Waals surface area contributed by atoms with Gasteiger partial charge >= 0.3 is 0 Å². The summed E-state index contributed by atoms with van der Waals surface area (Å²) in [6.07, 6.45) is 4.50. The number of para-hydroxylation sites is 1. The lowest BCUT2D eigenvalue weighted by Crippen LogP contribution is -2.48. The van der Waals surface area contributed by atoms with Crippen LogP contribution >= 0.6 is 0 Å². The molecule has 1 aliphatic rings. The number of aromatic nitrogens is 2. The third-order valence-electron chi connectivity index (χ3n) is 4.32. The van der Waals surface area contributed by atoms with Gasteiger partial charge in [0, 0.05) is 24.1 Å². The first-order valence-corrected chi connectivity index (χ1v) is 9.12. The third-order valence-corrected chi connectivity index (χ3v) is 6.21. The average molecular weight is 333 g/mol. The minimum absolute atomic E-state index is 0.0355. The summed E-state index contributed by atoms with van der Waals surface area (Å²) in [5.74, 6) is -0.416. The number of sulfone groups is 1. The molecule has 122 valence electrons. The molecule has 2 aromatic rings. The van der Waals surface area contributed by atoms with E-state index >= 15 is 0 Å². The summed E-state index contributed by atoms with van der Waals surface area (Å²) in [6.45, 7) is 3.37. The number of benzene rings is 1. The van der Waals surface area contributed by atoms with Gasteiger partial charge in [0.05, 0.1) is 0 Å². The number of hydrogen-bond acceptors (Lipinski definition) is 4. The summed E-state index contributed by atoms with van der Waals surface area (Å²) in [6, 6.07) is 7.61. The lowest BCUT2D eigenvalue weighted by atomic mass is 9.96. The molecule has 1 N–H and O–H groups in total. The van der Waals surface area contributed by atoms with Crippen molar-refractivity contribution in [2.45, 2.75) is 43.1 Å². The van der Waals surface area contributed by atoms with Crippen LogP contribution in [0.3, 0.4) is 0 Å². The highest BCUT2D eigenvalue weighted by molar-refractivity contribution is 7.92. The molecule has 7 heteroatoms. The summed E-state index contributed by atoms with van der Waals surface area (Å²) in [4.78, 5) is 20.9. The Morgan fingerprint density at radius 3 is 2.83 bits per heavy atom. The second kappa shape index (κ2) is 5.81. The van der Waals surface area contributed by atoms with E-state index in [0.717, 1.165) is 24.1 Å². The zero-order valence-electron chi connectivity index (χ0n) is 13.1. The van der Waals surface area contributed by atoms with Crippen molar-refractivity contribution in [1.29, 1.82) is 0 Å². The molecule has 6 nitrogen and oxygen atoms in total. The number of carbonyl (C=O) groups excluding carboxylic acids is 1. The van der Waals surface area contributed by atoms with Gasteiger partial charge in [-0.3, -0.25) is 4.79 Å². The van der Waals surface area contributed by atoms with E-state index in [1.807, 2.05) is 31.2 Å². The van der Waals surface area contributed by atoms with Gasteiger partial charge in [0.15, 0.2) is 0 Å². The number of imidazole rings is 1. The Bertz CT molecular complexity index is 815. The van der Waals surface area contributed by atoms with Gasteiger partial charge in [-0.25, -0.2) is 13.4 Å². The zero-order chi connectivity index (χ0) is 16.6. The lowest BCUT2D eigenvalue weighted by molar-refractivity contribution is -0.118. The Hall–Kier alpha value is -2.15. The first kappa shape index (κ1) is 15.7. The summed E-state index contributed by atoms with van der Waals surface area (Å²) in [5.41, 5.74) is 1.87. The van der Waals surface area contributed by atoms with Crippen molar-refractivity contribution in [2.75, 3.05) is 4.90 Å². The van der Waals surface area contributed by atoms with E-state index in [1.54, 1.807) is 4.90 Å². The summed E-state index contributed by atoms with van der Waals surface area (Å²) >= 11 is 0. The number of fused-ring (bicyclic) bond motifs is 1. The zero-order valence-corrected chi connectivity index (χ0v) is 13.9. The minimum Gasteiger partial charge on any atom is -0.336 e. The lowest BCUT2D eigenvalue weighted by Gasteiger charge is -2.36. The van der Waals surface area contributed by atoms with Gasteiger partial charge in [-0.1, -0.05) is 18.2 Å². The first-order valence-electron chi connectivity index (χ1n) is 7.57. The van der Waals surface area contributed by atoms with Crippen LogP contribution in [0.1, 0.15) is 25.8 Å². The molecule has 0 saturated carbocycles. The molecule has 0 radical (unpaired) electrons. The molecule has 1 aliphatic heterocycles. The van der Waals surface area contributed by atoms with Crippen molar-refractivity contribution in [2.24, 2.45) is 0 Å². The molecular weight excluding hydrogens is 314 g/mol. The number of aromatic amines is 1. The number of carbonyl (C=O) groups is 1. The van der Waals surface area contributed by atoms with E-state index in [9.17, 15) is 13.2 Å². The third kappa shape index (κ3) is 2.65. The quantitative estimate of drug-likeness (QED) is 0.930. The fraction of sp³-hybridized carbons (Fsp3) is 0.375. The van der Waals surface area contributed by atoms with Gasteiger partial charge in [0.2, 0.25) is 20.9 Å². The van der Waals surface area contributed by atoms with E-state index in [1.165, 1.54) is 19.3 Å². The minimum atomic E-state index is -3.83. The van der Waals surface area contributed by atoms with Crippen LogP contribution in [0.5, 0.6) is 0 Å². The van der Waals surface area contributed by atoms with Gasteiger partial charge < -0.3 is 9.88 Å². The second-order valence-corrected chi connectivity index (χ2v) is 7.99. The van der Waals surface area contributed by atoms with Crippen molar-refractivity contribution in [1.82, 2.24) is 9.97 Å². The van der Waals surface area contributed by atoms with E-state index in [2.05, 4.69) is 9.97 Å². The summed E-state index contributed by atoms with van der Waals surface area (Å²) in [7, 11) is -3.83. The predicted octanol–water partition coefficient (Wildman–Crippen LogP) is 1.94. The van der Waals surface area contributed by atoms with Gasteiger partial charge in [0.1, 0.15) is 5.25 Å². The Kier molecular flexibility index (Phi) is 3.97. The molecule has 0 saturated heterocycles. The number of anilines is 1. The molecule has 0 fully saturated rings. The van der Waals surface area contributed by atoms with Crippen molar-refractivity contribution >= 4 is 21.4 Å². The number of rotatable bonds is 3. The molecule has 1 amide bonds. The molecule has 0 bridgehead atoms. The number of hydrogen-bond donors (Lipinski definition) is 1. The number of nitrogens with one attached hydrogen (secondary N) is 1. The van der Waals surface area contributed by atoms with Crippen molar-refractivity contribution in [3.63, 3.8) is 0 Å². The predicted molar refractivity (Wildman–Crippen MR) is 86.9 cm³/mol. The molecule has 2 heterocycles. The van der Waals surface area contributed by atoms with Gasteiger partial charge in [-0.2, -0.15) is 0 Å². The van der Waals surface area contributed by atoms with Crippen LogP contribution in [0.2, 0.25) is 0 Å². The SMILES string of the molecule is CC1CCc2ccccc2N1C(=O)C(C)S(=O)(=O)c1ncc[nH]1. The van der Waals surface area contributed by atoms with E-state index < -0.39 is 21.0 Å². The molecule has 2 atom stereocenters. The average Bonchev–Trinajstić information content (AvgIpc) is 3.08. The highest BCUT2D eigenvalue weighted by Crippen LogP contribution is 2.32. The Morgan fingerprint density at radius 2 is 2.13 bits per heavy atom. The largest absolute Gasteiger partial charge is 0.336 e. The monoisotopic (exact) mass is 333 g/mol. The normalized spacial score (nSPS) is 19.2. The van der Waals surface area contributed by atoms with Crippen LogP contribution in [0.15, 0.2) is 41.8 Å². The number of aryl methyl sites for hydroxylation is 1. The van der Waals surface area contributed by atoms with Crippen molar-refractivity contribution < 1.29 is 13.2 Å². The van der Waals surface area contributed by atoms with Crippen LogP contribution in [-0.2, 0) is 21.1 Å². The van der Waals surface area contributed by atoms with E-state index in [-0.39, 0.29) is 11.2 Å².